The maximum atomic E-state index is 9.05. The molecule has 15 heavy (non-hydrogen) atoms. The van der Waals surface area contributed by atoms with Crippen LogP contribution in [0.1, 0.15) is 5.82 Å². The zero-order chi connectivity index (χ0) is 10.7. The van der Waals surface area contributed by atoms with Crippen LogP contribution < -0.4 is 0 Å². The Morgan fingerprint density at radius 3 is 2.53 bits per heavy atom. The summed E-state index contributed by atoms with van der Waals surface area (Å²) in [6.45, 7) is 1.80. The highest BCUT2D eigenvalue weighted by Gasteiger charge is 1.97. The van der Waals surface area contributed by atoms with E-state index in [0.717, 1.165) is 0 Å². The van der Waals surface area contributed by atoms with E-state index in [-0.39, 0.29) is 5.75 Å². The Morgan fingerprint density at radius 2 is 1.93 bits per heavy atom. The Kier molecular flexibility index (Phi) is 2.68. The first-order valence-corrected chi connectivity index (χ1v) is 5.02. The average molecular weight is 220 g/mol. The first-order chi connectivity index (χ1) is 7.24. The summed E-state index contributed by atoms with van der Waals surface area (Å²) >= 11 is 1.20. The largest absolute Gasteiger partial charge is 0.508 e. The quantitative estimate of drug-likeness (QED) is 0.791. The normalized spacial score (nSPS) is 11.0. The lowest BCUT2D eigenvalue weighted by Gasteiger charge is -1.91. The van der Waals surface area contributed by atoms with Gasteiger partial charge in [0.2, 0.25) is 5.13 Å². The smallest absolute Gasteiger partial charge is 0.249 e. The minimum atomic E-state index is 0.209. The fourth-order valence-corrected chi connectivity index (χ4v) is 1.45. The zero-order valence-electron chi connectivity index (χ0n) is 7.95. The van der Waals surface area contributed by atoms with Gasteiger partial charge in [0.1, 0.15) is 11.6 Å². The molecular formula is C9H8N4OS. The van der Waals surface area contributed by atoms with Crippen LogP contribution in [0.25, 0.3) is 0 Å². The van der Waals surface area contributed by atoms with Crippen LogP contribution >= 0.6 is 11.5 Å². The minimum absolute atomic E-state index is 0.209. The van der Waals surface area contributed by atoms with Gasteiger partial charge < -0.3 is 5.11 Å². The molecule has 0 radical (unpaired) electrons. The maximum Gasteiger partial charge on any atom is 0.249 e. The summed E-state index contributed by atoms with van der Waals surface area (Å²) < 4.78 is 3.98. The van der Waals surface area contributed by atoms with Crippen LogP contribution in [0.5, 0.6) is 5.75 Å². The number of nitrogens with zero attached hydrogens (tertiary/aromatic N) is 4. The van der Waals surface area contributed by atoms with Gasteiger partial charge in [-0.1, -0.05) is 0 Å². The maximum absolute atomic E-state index is 9.05. The molecule has 0 bridgehead atoms. The lowest BCUT2D eigenvalue weighted by Crippen LogP contribution is -1.68. The number of aryl methyl sites for hydroxylation is 1. The third-order valence-corrected chi connectivity index (χ3v) is 2.31. The summed E-state index contributed by atoms with van der Waals surface area (Å²) in [6, 6.07) is 6.46. The molecular weight excluding hydrogens is 212 g/mol. The second-order valence-corrected chi connectivity index (χ2v) is 3.57. The molecule has 1 aromatic heterocycles. The van der Waals surface area contributed by atoms with Crippen molar-refractivity contribution in [3.05, 3.63) is 30.1 Å². The summed E-state index contributed by atoms with van der Waals surface area (Å²) in [7, 11) is 0. The molecule has 1 aromatic carbocycles. The fraction of sp³-hybridized carbons (Fsp3) is 0.111. The van der Waals surface area contributed by atoms with E-state index < -0.39 is 0 Å². The summed E-state index contributed by atoms with van der Waals surface area (Å²) in [4.78, 5) is 4.04. The second kappa shape index (κ2) is 4.14. The Hall–Kier alpha value is -1.82. The van der Waals surface area contributed by atoms with Gasteiger partial charge in [-0.3, -0.25) is 0 Å². The van der Waals surface area contributed by atoms with Crippen molar-refractivity contribution in [1.29, 1.82) is 0 Å². The number of aromatic hydroxyl groups is 1. The molecule has 76 valence electrons. The number of phenols is 1. The highest BCUT2D eigenvalue weighted by Crippen LogP contribution is 2.21. The molecule has 0 saturated heterocycles. The van der Waals surface area contributed by atoms with Crippen LogP contribution in [0.2, 0.25) is 0 Å². The van der Waals surface area contributed by atoms with Gasteiger partial charge in [0.05, 0.1) is 5.69 Å². The molecule has 0 aliphatic carbocycles. The van der Waals surface area contributed by atoms with E-state index in [1.54, 1.807) is 31.2 Å². The standard InChI is InChI=1S/C9H8N4OS/c1-6-10-9(15-13-6)12-11-7-2-4-8(14)5-3-7/h2-5,14H,1H3. The SMILES string of the molecule is Cc1nsc(N=Nc2ccc(O)cc2)n1. The van der Waals surface area contributed by atoms with Crippen molar-refractivity contribution in [3.63, 3.8) is 0 Å². The van der Waals surface area contributed by atoms with Gasteiger partial charge >= 0.3 is 0 Å². The highest BCUT2D eigenvalue weighted by molar-refractivity contribution is 7.09. The van der Waals surface area contributed by atoms with E-state index in [0.29, 0.717) is 16.6 Å². The van der Waals surface area contributed by atoms with Gasteiger partial charge in [-0.25, -0.2) is 4.98 Å². The predicted molar refractivity (Wildman–Crippen MR) is 56.9 cm³/mol. The third kappa shape index (κ3) is 2.57. The lowest BCUT2D eigenvalue weighted by molar-refractivity contribution is 0.475. The summed E-state index contributed by atoms with van der Waals surface area (Å²) in [5.41, 5.74) is 0.667. The van der Waals surface area contributed by atoms with Crippen molar-refractivity contribution in [1.82, 2.24) is 9.36 Å². The Bertz CT molecular complexity index is 477. The van der Waals surface area contributed by atoms with Crippen molar-refractivity contribution in [2.24, 2.45) is 10.2 Å². The van der Waals surface area contributed by atoms with Gasteiger partial charge in [0.15, 0.2) is 0 Å². The van der Waals surface area contributed by atoms with Crippen molar-refractivity contribution in [3.8, 4) is 5.75 Å². The Labute approximate surface area is 90.3 Å². The van der Waals surface area contributed by atoms with E-state index in [1.165, 1.54) is 11.5 Å². The van der Waals surface area contributed by atoms with Gasteiger partial charge in [-0.2, -0.15) is 4.37 Å². The number of aromatic nitrogens is 2. The highest BCUT2D eigenvalue weighted by atomic mass is 32.1. The average Bonchev–Trinajstić information content (AvgIpc) is 2.64. The summed E-state index contributed by atoms with van der Waals surface area (Å²) in [5, 5.41) is 17.4. The first-order valence-electron chi connectivity index (χ1n) is 4.25. The van der Waals surface area contributed by atoms with Crippen LogP contribution in [-0.2, 0) is 0 Å². The number of rotatable bonds is 2. The van der Waals surface area contributed by atoms with Crippen LogP contribution in [0.15, 0.2) is 34.5 Å². The van der Waals surface area contributed by atoms with Crippen LogP contribution in [0, 0.1) is 6.92 Å². The van der Waals surface area contributed by atoms with E-state index >= 15 is 0 Å². The summed E-state index contributed by atoms with van der Waals surface area (Å²) in [6.07, 6.45) is 0. The fourth-order valence-electron chi connectivity index (χ4n) is 0.947. The molecule has 0 aliphatic rings. The number of phenolic OH excluding ortho intramolecular Hbond substituents is 1. The van der Waals surface area contributed by atoms with Gasteiger partial charge in [0, 0.05) is 11.5 Å². The molecule has 0 atom stereocenters. The topological polar surface area (TPSA) is 70.7 Å². The minimum Gasteiger partial charge on any atom is -0.508 e. The number of hydrogen-bond donors (Lipinski definition) is 1. The van der Waals surface area contributed by atoms with Crippen LogP contribution in [-0.4, -0.2) is 14.5 Å². The molecule has 0 fully saturated rings. The lowest BCUT2D eigenvalue weighted by atomic mass is 10.3. The molecule has 5 nitrogen and oxygen atoms in total. The monoisotopic (exact) mass is 220 g/mol. The molecule has 0 saturated carbocycles. The predicted octanol–water partition coefficient (Wildman–Crippen LogP) is 2.97. The van der Waals surface area contributed by atoms with Crippen molar-refractivity contribution < 1.29 is 5.11 Å². The third-order valence-electron chi connectivity index (χ3n) is 1.62. The van der Waals surface area contributed by atoms with Crippen LogP contribution in [0.3, 0.4) is 0 Å². The van der Waals surface area contributed by atoms with E-state index in [9.17, 15) is 0 Å². The second-order valence-electron chi connectivity index (χ2n) is 2.84. The molecule has 0 unspecified atom stereocenters. The van der Waals surface area contributed by atoms with E-state index in [2.05, 4.69) is 19.6 Å². The zero-order valence-corrected chi connectivity index (χ0v) is 8.77. The van der Waals surface area contributed by atoms with Crippen molar-refractivity contribution >= 4 is 22.4 Å². The van der Waals surface area contributed by atoms with E-state index in [4.69, 9.17) is 5.11 Å². The summed E-state index contributed by atoms with van der Waals surface area (Å²) in [5.74, 6) is 0.903. The molecule has 1 N–H and O–H groups in total. The molecule has 2 rings (SSSR count). The number of hydrogen-bond acceptors (Lipinski definition) is 6. The van der Waals surface area contributed by atoms with Crippen LogP contribution in [0.4, 0.5) is 10.8 Å². The van der Waals surface area contributed by atoms with Crippen molar-refractivity contribution in [2.75, 3.05) is 0 Å². The van der Waals surface area contributed by atoms with E-state index in [1.807, 2.05) is 0 Å². The molecule has 0 spiro atoms. The Balaban J connectivity index is 2.14. The van der Waals surface area contributed by atoms with Gasteiger partial charge in [-0.15, -0.1) is 10.2 Å². The van der Waals surface area contributed by atoms with Gasteiger partial charge in [0.25, 0.3) is 0 Å². The number of benzene rings is 1. The molecule has 2 aromatic rings. The molecule has 6 heteroatoms. The van der Waals surface area contributed by atoms with Crippen molar-refractivity contribution in [2.45, 2.75) is 6.92 Å². The Morgan fingerprint density at radius 1 is 1.20 bits per heavy atom. The van der Waals surface area contributed by atoms with Gasteiger partial charge in [-0.05, 0) is 31.2 Å². The first kappa shape index (κ1) is 9.72. The number of azo groups is 1. The molecule has 1 heterocycles. The molecule has 0 aliphatic heterocycles. The molecule has 0 amide bonds.